The SMILES string of the molecule is C[C@@H](O)c1ccccc1Sc1ncn[nH]1. The van der Waals surface area contributed by atoms with Gasteiger partial charge in [-0.05, 0) is 30.3 Å². The minimum atomic E-state index is -0.475. The van der Waals surface area contributed by atoms with Crippen LogP contribution in [-0.2, 0) is 0 Å². The van der Waals surface area contributed by atoms with Gasteiger partial charge in [0.15, 0.2) is 5.16 Å². The highest BCUT2D eigenvalue weighted by Gasteiger charge is 2.09. The Hall–Kier alpha value is -1.33. The highest BCUT2D eigenvalue weighted by molar-refractivity contribution is 7.99. The topological polar surface area (TPSA) is 61.8 Å². The van der Waals surface area contributed by atoms with Gasteiger partial charge in [0, 0.05) is 4.90 Å². The molecule has 0 aliphatic rings. The van der Waals surface area contributed by atoms with Gasteiger partial charge in [0.05, 0.1) is 6.10 Å². The number of aliphatic hydroxyl groups excluding tert-OH is 1. The van der Waals surface area contributed by atoms with E-state index in [0.717, 1.165) is 15.6 Å². The fraction of sp³-hybridized carbons (Fsp3) is 0.200. The highest BCUT2D eigenvalue weighted by Crippen LogP contribution is 2.30. The average Bonchev–Trinajstić information content (AvgIpc) is 2.71. The van der Waals surface area contributed by atoms with E-state index in [1.807, 2.05) is 24.3 Å². The molecule has 0 aliphatic carbocycles. The van der Waals surface area contributed by atoms with Crippen LogP contribution in [0.3, 0.4) is 0 Å². The third-order valence-corrected chi connectivity index (χ3v) is 2.95. The predicted octanol–water partition coefficient (Wildman–Crippen LogP) is 2.01. The van der Waals surface area contributed by atoms with Gasteiger partial charge in [-0.1, -0.05) is 18.2 Å². The molecule has 2 aromatic rings. The molecule has 0 spiro atoms. The van der Waals surface area contributed by atoms with Crippen molar-refractivity contribution in [2.45, 2.75) is 23.1 Å². The molecule has 4 nitrogen and oxygen atoms in total. The Morgan fingerprint density at radius 2 is 2.20 bits per heavy atom. The predicted molar refractivity (Wildman–Crippen MR) is 57.6 cm³/mol. The number of nitrogens with zero attached hydrogens (tertiary/aromatic N) is 2. The number of H-pyrrole nitrogens is 1. The van der Waals surface area contributed by atoms with E-state index in [1.165, 1.54) is 18.1 Å². The fourth-order valence-electron chi connectivity index (χ4n) is 1.27. The van der Waals surface area contributed by atoms with Crippen molar-refractivity contribution in [1.29, 1.82) is 0 Å². The largest absolute Gasteiger partial charge is 0.389 e. The number of hydrogen-bond acceptors (Lipinski definition) is 4. The number of nitrogens with one attached hydrogen (secondary N) is 1. The average molecular weight is 221 g/mol. The molecule has 0 saturated carbocycles. The van der Waals surface area contributed by atoms with E-state index in [-0.39, 0.29) is 0 Å². The van der Waals surface area contributed by atoms with Gasteiger partial charge in [-0.2, -0.15) is 5.10 Å². The summed E-state index contributed by atoms with van der Waals surface area (Å²) < 4.78 is 0. The van der Waals surface area contributed by atoms with Crippen molar-refractivity contribution < 1.29 is 5.11 Å². The lowest BCUT2D eigenvalue weighted by atomic mass is 10.1. The van der Waals surface area contributed by atoms with Crippen molar-refractivity contribution in [2.24, 2.45) is 0 Å². The molecule has 1 heterocycles. The summed E-state index contributed by atoms with van der Waals surface area (Å²) in [4.78, 5) is 5.02. The van der Waals surface area contributed by atoms with E-state index in [4.69, 9.17) is 0 Å². The van der Waals surface area contributed by atoms with E-state index in [1.54, 1.807) is 6.92 Å². The molecule has 0 fully saturated rings. The molecule has 1 aromatic heterocycles. The molecule has 0 bridgehead atoms. The van der Waals surface area contributed by atoms with Crippen LogP contribution < -0.4 is 0 Å². The van der Waals surface area contributed by atoms with Crippen molar-refractivity contribution in [2.75, 3.05) is 0 Å². The quantitative estimate of drug-likeness (QED) is 0.832. The standard InChI is InChI=1S/C10H11N3OS/c1-7(14)8-4-2-3-5-9(8)15-10-11-6-12-13-10/h2-7,14H,1H3,(H,11,12,13)/t7-/m1/s1. The van der Waals surface area contributed by atoms with E-state index >= 15 is 0 Å². The van der Waals surface area contributed by atoms with Crippen LogP contribution in [0.25, 0.3) is 0 Å². The lowest BCUT2D eigenvalue weighted by molar-refractivity contribution is 0.196. The monoisotopic (exact) mass is 221 g/mol. The van der Waals surface area contributed by atoms with Crippen LogP contribution in [0.1, 0.15) is 18.6 Å². The van der Waals surface area contributed by atoms with Gasteiger partial charge in [0.25, 0.3) is 0 Å². The number of aliphatic hydroxyl groups is 1. The molecule has 2 rings (SSSR count). The van der Waals surface area contributed by atoms with Crippen molar-refractivity contribution in [1.82, 2.24) is 15.2 Å². The highest BCUT2D eigenvalue weighted by atomic mass is 32.2. The molecule has 0 saturated heterocycles. The summed E-state index contributed by atoms with van der Waals surface area (Å²) in [5.41, 5.74) is 0.902. The van der Waals surface area contributed by atoms with Crippen LogP contribution in [0.15, 0.2) is 40.6 Å². The van der Waals surface area contributed by atoms with Gasteiger partial charge in [-0.15, -0.1) is 0 Å². The van der Waals surface area contributed by atoms with Gasteiger partial charge in [0.2, 0.25) is 0 Å². The first-order valence-electron chi connectivity index (χ1n) is 4.57. The van der Waals surface area contributed by atoms with Gasteiger partial charge in [-0.3, -0.25) is 5.10 Å². The Labute approximate surface area is 91.8 Å². The summed E-state index contributed by atoms with van der Waals surface area (Å²) in [6.45, 7) is 1.75. The lowest BCUT2D eigenvalue weighted by Gasteiger charge is -2.09. The molecule has 2 N–H and O–H groups in total. The Bertz CT molecular complexity index is 428. The summed E-state index contributed by atoms with van der Waals surface area (Å²) in [7, 11) is 0. The van der Waals surface area contributed by atoms with Crippen LogP contribution in [-0.4, -0.2) is 20.3 Å². The molecule has 0 amide bonds. The van der Waals surface area contributed by atoms with Crippen molar-refractivity contribution >= 4 is 11.8 Å². The van der Waals surface area contributed by atoms with E-state index in [0.29, 0.717) is 0 Å². The molecule has 0 unspecified atom stereocenters. The van der Waals surface area contributed by atoms with Crippen molar-refractivity contribution in [3.63, 3.8) is 0 Å². The Balaban J connectivity index is 2.28. The summed E-state index contributed by atoms with van der Waals surface area (Å²) in [6, 6.07) is 7.70. The van der Waals surface area contributed by atoms with Crippen molar-refractivity contribution in [3.05, 3.63) is 36.2 Å². The Morgan fingerprint density at radius 1 is 1.40 bits per heavy atom. The second-order valence-electron chi connectivity index (χ2n) is 3.11. The molecule has 1 atom stereocenters. The van der Waals surface area contributed by atoms with E-state index in [2.05, 4.69) is 15.2 Å². The van der Waals surface area contributed by atoms with Gasteiger partial charge in [-0.25, -0.2) is 4.98 Å². The molecule has 78 valence electrons. The van der Waals surface area contributed by atoms with Crippen LogP contribution >= 0.6 is 11.8 Å². The van der Waals surface area contributed by atoms with Gasteiger partial charge < -0.3 is 5.11 Å². The molecule has 0 aliphatic heterocycles. The first-order valence-corrected chi connectivity index (χ1v) is 5.39. The third-order valence-electron chi connectivity index (χ3n) is 1.97. The minimum absolute atomic E-state index is 0.475. The summed E-state index contributed by atoms with van der Waals surface area (Å²) in [5.74, 6) is 0. The molecule has 5 heteroatoms. The van der Waals surface area contributed by atoms with Crippen LogP contribution in [0.5, 0.6) is 0 Å². The number of hydrogen-bond donors (Lipinski definition) is 2. The fourth-order valence-corrected chi connectivity index (χ4v) is 2.18. The molecular weight excluding hydrogens is 210 g/mol. The van der Waals surface area contributed by atoms with Gasteiger partial charge in [0.1, 0.15) is 6.33 Å². The maximum Gasteiger partial charge on any atom is 0.188 e. The number of benzene rings is 1. The van der Waals surface area contributed by atoms with Crippen LogP contribution in [0.2, 0.25) is 0 Å². The minimum Gasteiger partial charge on any atom is -0.389 e. The summed E-state index contributed by atoms with van der Waals surface area (Å²) in [5, 5.41) is 16.8. The molecule has 0 radical (unpaired) electrons. The smallest absolute Gasteiger partial charge is 0.188 e. The number of aromatic nitrogens is 3. The second kappa shape index (κ2) is 4.46. The van der Waals surface area contributed by atoms with Crippen LogP contribution in [0, 0.1) is 0 Å². The van der Waals surface area contributed by atoms with Crippen LogP contribution in [0.4, 0.5) is 0 Å². The van der Waals surface area contributed by atoms with Crippen molar-refractivity contribution in [3.8, 4) is 0 Å². The molecule has 1 aromatic carbocycles. The maximum absolute atomic E-state index is 9.57. The second-order valence-corrected chi connectivity index (χ2v) is 4.14. The molecule has 15 heavy (non-hydrogen) atoms. The zero-order chi connectivity index (χ0) is 10.7. The third kappa shape index (κ3) is 2.37. The zero-order valence-electron chi connectivity index (χ0n) is 8.21. The first-order chi connectivity index (χ1) is 7.27. The van der Waals surface area contributed by atoms with E-state index < -0.39 is 6.10 Å². The first kappa shape index (κ1) is 10.2. The maximum atomic E-state index is 9.57. The Morgan fingerprint density at radius 3 is 2.87 bits per heavy atom. The number of rotatable bonds is 3. The normalized spacial score (nSPS) is 12.7. The Kier molecular flexibility index (Phi) is 3.03. The van der Waals surface area contributed by atoms with E-state index in [9.17, 15) is 5.11 Å². The zero-order valence-corrected chi connectivity index (χ0v) is 9.03. The van der Waals surface area contributed by atoms with Gasteiger partial charge >= 0.3 is 0 Å². The number of aromatic amines is 1. The lowest BCUT2D eigenvalue weighted by Crippen LogP contribution is -1.93. The summed E-state index contributed by atoms with van der Waals surface area (Å²) >= 11 is 1.46. The summed E-state index contributed by atoms with van der Waals surface area (Å²) in [6.07, 6.45) is 0.990. The molecular formula is C10H11N3OS.